The van der Waals surface area contributed by atoms with Crippen molar-refractivity contribution >= 4 is 33.4 Å². The Hall–Kier alpha value is -2.37. The van der Waals surface area contributed by atoms with Gasteiger partial charge in [-0.05, 0) is 70.3 Å². The maximum Gasteiger partial charge on any atom is 0.472 e. The number of aliphatic hydroxyl groups is 4. The highest BCUT2D eigenvalue weighted by Gasteiger charge is 2.54. The summed E-state index contributed by atoms with van der Waals surface area (Å²) >= 11 is 0. The molecule has 0 amide bonds. The molecule has 8 atom stereocenters. The van der Waals surface area contributed by atoms with Crippen LogP contribution in [-0.2, 0) is 46.6 Å². The van der Waals surface area contributed by atoms with Gasteiger partial charge in [0.05, 0.1) is 6.61 Å². The van der Waals surface area contributed by atoms with Gasteiger partial charge in [0.2, 0.25) is 0 Å². The van der Waals surface area contributed by atoms with E-state index < -0.39 is 83.5 Å². The van der Waals surface area contributed by atoms with Crippen molar-refractivity contribution in [1.82, 2.24) is 0 Å². The lowest BCUT2D eigenvalue weighted by atomic mass is 9.85. The lowest BCUT2D eigenvalue weighted by molar-refractivity contribution is -0.216. The molecule has 19 heteroatoms. The molecule has 1 fully saturated rings. The number of ketones is 1. The fourth-order valence-electron chi connectivity index (χ4n) is 7.04. The zero-order valence-corrected chi connectivity index (χ0v) is 41.1. The van der Waals surface area contributed by atoms with E-state index in [1.807, 2.05) is 12.2 Å². The van der Waals surface area contributed by atoms with Gasteiger partial charge in [0.1, 0.15) is 43.2 Å². The van der Waals surface area contributed by atoms with E-state index in [0.717, 1.165) is 109 Å². The molecular weight excluding hydrogens is 898 g/mol. The van der Waals surface area contributed by atoms with Crippen molar-refractivity contribution in [2.45, 2.75) is 217 Å². The van der Waals surface area contributed by atoms with Gasteiger partial charge in [0.15, 0.2) is 11.9 Å². The summed E-state index contributed by atoms with van der Waals surface area (Å²) in [5, 5.41) is 41.2. The van der Waals surface area contributed by atoms with E-state index in [1.54, 1.807) is 12.2 Å². The monoisotopic (exact) mass is 981 g/mol. The average Bonchev–Trinajstić information content (AvgIpc) is 3.26. The Morgan fingerprint density at radius 1 is 0.530 bits per heavy atom. The molecule has 17 nitrogen and oxygen atoms in total. The fourth-order valence-corrected chi connectivity index (χ4v) is 8.58. The molecule has 0 aromatic carbocycles. The van der Waals surface area contributed by atoms with Crippen LogP contribution in [0.25, 0.3) is 0 Å². The van der Waals surface area contributed by atoms with Gasteiger partial charge in [-0.25, -0.2) is 9.13 Å². The van der Waals surface area contributed by atoms with Gasteiger partial charge in [-0.1, -0.05) is 133 Å². The van der Waals surface area contributed by atoms with Gasteiger partial charge in [-0.3, -0.25) is 28.0 Å². The normalized spacial score (nSPS) is 21.8. The first-order chi connectivity index (χ1) is 31.5. The third-order valence-corrected chi connectivity index (χ3v) is 12.4. The van der Waals surface area contributed by atoms with Crippen LogP contribution in [0.5, 0.6) is 0 Å². The Morgan fingerprint density at radius 2 is 1.02 bits per heavy atom. The van der Waals surface area contributed by atoms with Crippen LogP contribution in [0.15, 0.2) is 48.6 Å². The van der Waals surface area contributed by atoms with Crippen molar-refractivity contribution in [3.05, 3.63) is 48.6 Å². The molecule has 1 rings (SSSR count). The summed E-state index contributed by atoms with van der Waals surface area (Å²) in [4.78, 5) is 66.1. The number of aliphatic hydroxyl groups excluding tert-OH is 4. The summed E-state index contributed by atoms with van der Waals surface area (Å²) in [6.07, 6.45) is 23.3. The molecule has 0 aromatic rings. The first-order valence-electron chi connectivity index (χ1n) is 24.1. The first kappa shape index (κ1) is 61.6. The van der Waals surface area contributed by atoms with Crippen LogP contribution in [0.3, 0.4) is 0 Å². The maximum atomic E-state index is 13.0. The van der Waals surface area contributed by atoms with Crippen molar-refractivity contribution in [3.8, 4) is 0 Å². The topological polar surface area (TPSA) is 273 Å². The van der Waals surface area contributed by atoms with Crippen molar-refractivity contribution in [1.29, 1.82) is 0 Å². The number of phosphoric ester groups is 2. The molecule has 1 saturated carbocycles. The zero-order chi connectivity index (χ0) is 49.1. The number of hydrogen-bond donors (Lipinski definition) is 7. The number of carbonyl (C=O) groups is 3. The second-order valence-electron chi connectivity index (χ2n) is 16.9. The van der Waals surface area contributed by atoms with Crippen molar-refractivity contribution in [2.75, 3.05) is 13.2 Å². The van der Waals surface area contributed by atoms with Crippen LogP contribution in [0.1, 0.15) is 174 Å². The Morgan fingerprint density at radius 3 is 1.59 bits per heavy atom. The van der Waals surface area contributed by atoms with E-state index >= 15 is 0 Å². The second-order valence-corrected chi connectivity index (χ2v) is 19.5. The Bertz CT molecular complexity index is 1530. The van der Waals surface area contributed by atoms with E-state index in [0.29, 0.717) is 19.3 Å². The molecule has 0 spiro atoms. The minimum Gasteiger partial charge on any atom is -0.462 e. The van der Waals surface area contributed by atoms with E-state index in [1.165, 1.54) is 19.3 Å². The van der Waals surface area contributed by atoms with Crippen molar-refractivity contribution in [2.24, 2.45) is 0 Å². The van der Waals surface area contributed by atoms with Crippen molar-refractivity contribution in [3.63, 3.8) is 0 Å². The van der Waals surface area contributed by atoms with Gasteiger partial charge in [-0.15, -0.1) is 0 Å². The zero-order valence-electron chi connectivity index (χ0n) is 39.4. The standard InChI is InChI=1S/C47H82O17P2/c1-3-5-7-8-9-10-11-12-13-14-15-16-17-20-23-26-30-34-40(49)60-36-39(62-41(50)35-31-27-24-21-18-19-22-25-29-33-38(48)32-28-6-4-2)37-61-66(58,59)64-47-44(53)42(51)43(52)46(45(47)54)63-65(55,56)57/h9-10,12-13,22,25,29,33,39,42-47,51-54H,3-8,11,14-21,23-24,26-28,30-32,34-37H2,1-2H3,(H,58,59)(H2,55,56,57)/b10-9-,13-12-,25-22-,33-29+/t39-,42?,43?,44?,45?,46-,47+/m1/s1. The molecule has 0 aliphatic heterocycles. The largest absolute Gasteiger partial charge is 0.472 e. The summed E-state index contributed by atoms with van der Waals surface area (Å²) in [6.45, 7) is 2.90. The quantitative estimate of drug-likeness (QED) is 0.00757. The first-order valence-corrected chi connectivity index (χ1v) is 27.2. The number of unbranched alkanes of at least 4 members (excludes halogenated alkanes) is 17. The number of allylic oxidation sites excluding steroid dienone is 8. The number of carbonyl (C=O) groups excluding carboxylic acids is 3. The van der Waals surface area contributed by atoms with Gasteiger partial charge >= 0.3 is 27.6 Å². The van der Waals surface area contributed by atoms with E-state index in [4.69, 9.17) is 18.5 Å². The van der Waals surface area contributed by atoms with Crippen molar-refractivity contribution < 1.29 is 81.7 Å². The van der Waals surface area contributed by atoms with Gasteiger partial charge in [0, 0.05) is 19.3 Å². The summed E-state index contributed by atoms with van der Waals surface area (Å²) in [7, 11) is -10.7. The summed E-state index contributed by atoms with van der Waals surface area (Å²) in [6, 6.07) is 0. The Labute approximate surface area is 392 Å². The van der Waals surface area contributed by atoms with Crippen LogP contribution in [0.2, 0.25) is 0 Å². The molecule has 0 heterocycles. The minimum atomic E-state index is -5.38. The molecule has 0 bridgehead atoms. The average molecular weight is 981 g/mol. The van der Waals surface area contributed by atoms with Crippen LogP contribution >= 0.6 is 15.6 Å². The van der Waals surface area contributed by atoms with E-state index in [9.17, 15) is 58.6 Å². The summed E-state index contributed by atoms with van der Waals surface area (Å²) in [5.41, 5.74) is 0. The molecule has 7 N–H and O–H groups in total. The number of phosphoric acid groups is 2. The molecule has 0 saturated heterocycles. The molecule has 5 unspecified atom stereocenters. The molecule has 66 heavy (non-hydrogen) atoms. The third-order valence-electron chi connectivity index (χ3n) is 10.9. The van der Waals surface area contributed by atoms with E-state index in [-0.39, 0.29) is 18.6 Å². The van der Waals surface area contributed by atoms with Crippen LogP contribution in [-0.4, -0.2) is 109 Å². The van der Waals surface area contributed by atoms with E-state index in [2.05, 4.69) is 42.7 Å². The van der Waals surface area contributed by atoms with Gasteiger partial charge in [0.25, 0.3) is 0 Å². The van der Waals surface area contributed by atoms with Crippen LogP contribution in [0.4, 0.5) is 0 Å². The maximum absolute atomic E-state index is 13.0. The Balaban J connectivity index is 2.61. The molecule has 1 aliphatic carbocycles. The predicted molar refractivity (Wildman–Crippen MR) is 251 cm³/mol. The van der Waals surface area contributed by atoms with Crippen LogP contribution in [0, 0.1) is 0 Å². The lowest BCUT2D eigenvalue weighted by Gasteiger charge is -2.43. The molecule has 1 aliphatic rings. The lowest BCUT2D eigenvalue weighted by Crippen LogP contribution is -2.64. The molecule has 0 radical (unpaired) electrons. The van der Waals surface area contributed by atoms with Gasteiger partial charge in [-0.2, -0.15) is 0 Å². The second kappa shape index (κ2) is 37.5. The summed E-state index contributed by atoms with van der Waals surface area (Å²) < 4.78 is 49.3. The predicted octanol–water partition coefficient (Wildman–Crippen LogP) is 8.46. The highest BCUT2D eigenvalue weighted by atomic mass is 31.2. The molecule has 0 aromatic heterocycles. The smallest absolute Gasteiger partial charge is 0.462 e. The number of hydrogen-bond acceptors (Lipinski definition) is 14. The number of rotatable bonds is 40. The fraction of sp³-hybridized carbons (Fsp3) is 0.766. The Kier molecular flexibility index (Phi) is 35.0. The SMILES string of the molecule is CCCCC/C=C\C/C=C\CCCCCCCCCC(=O)OC[C@H](COP(=O)(O)O[C@H]1C(O)C(O)C(O)[C@@H](OP(=O)(O)O)C1O)OC(=O)CCCCCCC/C=C\C=C\C(=O)CCCCC. The highest BCUT2D eigenvalue weighted by molar-refractivity contribution is 7.47. The molecular formula is C47H82O17P2. The molecule has 382 valence electrons. The minimum absolute atomic E-state index is 0.0100. The number of esters is 2. The third kappa shape index (κ3) is 31.6. The van der Waals surface area contributed by atoms with Gasteiger partial charge < -0.3 is 44.6 Å². The number of ether oxygens (including phenoxy) is 2. The van der Waals surface area contributed by atoms with Crippen LogP contribution < -0.4 is 0 Å². The summed E-state index contributed by atoms with van der Waals surface area (Å²) in [5.74, 6) is -1.15. The highest BCUT2D eigenvalue weighted by Crippen LogP contribution is 2.49.